The first-order chi connectivity index (χ1) is 9.17. The molecule has 0 saturated carbocycles. The lowest BCUT2D eigenvalue weighted by molar-refractivity contribution is 0.628. The second-order valence-corrected chi connectivity index (χ2v) is 4.48. The molecule has 3 N–H and O–H groups in total. The number of nitrogens with one attached hydrogen (secondary N) is 1. The number of benzene rings is 1. The summed E-state index contributed by atoms with van der Waals surface area (Å²) >= 11 is 0. The predicted octanol–water partition coefficient (Wildman–Crippen LogP) is 1.90. The summed E-state index contributed by atoms with van der Waals surface area (Å²) in [6.07, 6.45) is 0.879. The van der Waals surface area contributed by atoms with Crippen molar-refractivity contribution in [3.05, 3.63) is 41.5 Å². The van der Waals surface area contributed by atoms with Crippen LogP contribution in [-0.2, 0) is 6.42 Å². The molecule has 6 heteroatoms. The number of nitrogens with zero attached hydrogens (tertiary/aromatic N) is 3. The van der Waals surface area contributed by atoms with Gasteiger partial charge in [0.1, 0.15) is 23.3 Å². The lowest BCUT2D eigenvalue weighted by Crippen LogP contribution is -2.17. The molecule has 0 spiro atoms. The molecule has 1 aliphatic rings. The number of anilines is 3. The van der Waals surface area contributed by atoms with E-state index in [4.69, 9.17) is 5.84 Å². The molecule has 1 aromatic carbocycles. The fraction of sp³-hybridized carbons (Fsp3) is 0.231. The van der Waals surface area contributed by atoms with Gasteiger partial charge < -0.3 is 10.3 Å². The highest BCUT2D eigenvalue weighted by molar-refractivity contribution is 5.69. The number of aryl methyl sites for hydroxylation is 1. The maximum absolute atomic E-state index is 13.4. The van der Waals surface area contributed by atoms with Crippen LogP contribution in [0.25, 0.3) is 0 Å². The molecule has 0 atom stereocenters. The van der Waals surface area contributed by atoms with Crippen molar-refractivity contribution in [2.24, 2.45) is 5.84 Å². The molecule has 98 valence electrons. The van der Waals surface area contributed by atoms with Gasteiger partial charge in [-0.25, -0.2) is 20.2 Å². The van der Waals surface area contributed by atoms with Crippen LogP contribution in [0.1, 0.15) is 11.4 Å². The fourth-order valence-electron chi connectivity index (χ4n) is 2.35. The fourth-order valence-corrected chi connectivity index (χ4v) is 2.35. The molecule has 2 heterocycles. The second-order valence-electron chi connectivity index (χ2n) is 4.48. The molecule has 0 unspecified atom stereocenters. The SMILES string of the molecule is Cc1nc(NN)cc(N2CCc3ccc(F)cc32)n1. The molecular formula is C13H14FN5. The first kappa shape index (κ1) is 11.9. The topological polar surface area (TPSA) is 67.1 Å². The highest BCUT2D eigenvalue weighted by Crippen LogP contribution is 2.34. The third-order valence-electron chi connectivity index (χ3n) is 3.19. The number of fused-ring (bicyclic) bond motifs is 1. The van der Waals surface area contributed by atoms with E-state index in [1.807, 2.05) is 11.0 Å². The van der Waals surface area contributed by atoms with Crippen LogP contribution < -0.4 is 16.2 Å². The van der Waals surface area contributed by atoms with Gasteiger partial charge in [0.15, 0.2) is 0 Å². The van der Waals surface area contributed by atoms with E-state index in [2.05, 4.69) is 15.4 Å². The van der Waals surface area contributed by atoms with Crippen molar-refractivity contribution >= 4 is 17.3 Å². The van der Waals surface area contributed by atoms with Crippen LogP contribution in [-0.4, -0.2) is 16.5 Å². The minimum absolute atomic E-state index is 0.242. The molecule has 1 aliphatic heterocycles. The minimum Gasteiger partial charge on any atom is -0.326 e. The number of halogens is 1. The summed E-state index contributed by atoms with van der Waals surface area (Å²) in [6, 6.07) is 6.60. The lowest BCUT2D eigenvalue weighted by atomic mass is 10.2. The maximum Gasteiger partial charge on any atom is 0.145 e. The van der Waals surface area contributed by atoms with E-state index in [0.29, 0.717) is 11.6 Å². The smallest absolute Gasteiger partial charge is 0.145 e. The summed E-state index contributed by atoms with van der Waals surface area (Å²) in [5.41, 5.74) is 4.50. The van der Waals surface area contributed by atoms with Crippen molar-refractivity contribution in [1.82, 2.24) is 9.97 Å². The van der Waals surface area contributed by atoms with Crippen LogP contribution in [0.2, 0.25) is 0 Å². The van der Waals surface area contributed by atoms with Crippen molar-refractivity contribution in [2.75, 3.05) is 16.9 Å². The first-order valence-corrected chi connectivity index (χ1v) is 6.05. The van der Waals surface area contributed by atoms with Crippen LogP contribution >= 0.6 is 0 Å². The average molecular weight is 259 g/mol. The van der Waals surface area contributed by atoms with Crippen LogP contribution in [0.3, 0.4) is 0 Å². The van der Waals surface area contributed by atoms with Gasteiger partial charge in [0.25, 0.3) is 0 Å². The Morgan fingerprint density at radius 1 is 1.32 bits per heavy atom. The van der Waals surface area contributed by atoms with E-state index in [9.17, 15) is 4.39 Å². The van der Waals surface area contributed by atoms with Crippen molar-refractivity contribution < 1.29 is 4.39 Å². The van der Waals surface area contributed by atoms with Gasteiger partial charge in [0.05, 0.1) is 0 Å². The van der Waals surface area contributed by atoms with Gasteiger partial charge in [-0.05, 0) is 31.0 Å². The Hall–Kier alpha value is -2.21. The largest absolute Gasteiger partial charge is 0.326 e. The van der Waals surface area contributed by atoms with Crippen LogP contribution in [0.15, 0.2) is 24.3 Å². The third-order valence-corrected chi connectivity index (χ3v) is 3.19. The summed E-state index contributed by atoms with van der Waals surface area (Å²) in [6.45, 7) is 2.58. The van der Waals surface area contributed by atoms with Crippen molar-refractivity contribution in [3.63, 3.8) is 0 Å². The predicted molar refractivity (Wildman–Crippen MR) is 71.7 cm³/mol. The van der Waals surface area contributed by atoms with Gasteiger partial charge in [0, 0.05) is 18.3 Å². The summed E-state index contributed by atoms with van der Waals surface area (Å²) in [5, 5.41) is 0. The molecule has 0 saturated heterocycles. The van der Waals surface area contributed by atoms with Crippen LogP contribution in [0.5, 0.6) is 0 Å². The number of nitrogen functional groups attached to an aromatic ring is 1. The zero-order valence-corrected chi connectivity index (χ0v) is 10.5. The van der Waals surface area contributed by atoms with Crippen molar-refractivity contribution in [3.8, 4) is 0 Å². The minimum atomic E-state index is -0.242. The van der Waals surface area contributed by atoms with Crippen molar-refractivity contribution in [2.45, 2.75) is 13.3 Å². The molecule has 3 rings (SSSR count). The molecule has 0 radical (unpaired) electrons. The molecule has 1 aromatic heterocycles. The van der Waals surface area contributed by atoms with Gasteiger partial charge in [-0.1, -0.05) is 6.07 Å². The van der Waals surface area contributed by atoms with E-state index in [-0.39, 0.29) is 5.82 Å². The monoisotopic (exact) mass is 259 g/mol. The lowest BCUT2D eigenvalue weighted by Gasteiger charge is -2.19. The Balaban J connectivity index is 2.06. The highest BCUT2D eigenvalue weighted by atomic mass is 19.1. The van der Waals surface area contributed by atoms with Gasteiger partial charge in [-0.3, -0.25) is 0 Å². The van der Waals surface area contributed by atoms with Gasteiger partial charge in [0.2, 0.25) is 0 Å². The Morgan fingerprint density at radius 2 is 2.16 bits per heavy atom. The normalized spacial score (nSPS) is 13.5. The molecule has 0 bridgehead atoms. The summed E-state index contributed by atoms with van der Waals surface area (Å²) < 4.78 is 13.4. The molecule has 0 aliphatic carbocycles. The summed E-state index contributed by atoms with van der Waals surface area (Å²) in [4.78, 5) is 10.5. The molecule has 2 aromatic rings. The van der Waals surface area contributed by atoms with Gasteiger partial charge in [-0.15, -0.1) is 0 Å². The third kappa shape index (κ3) is 2.10. The van der Waals surface area contributed by atoms with E-state index in [1.165, 1.54) is 12.1 Å². The van der Waals surface area contributed by atoms with Gasteiger partial charge >= 0.3 is 0 Å². The first-order valence-electron chi connectivity index (χ1n) is 6.05. The van der Waals surface area contributed by atoms with Crippen LogP contribution in [0.4, 0.5) is 21.7 Å². The maximum atomic E-state index is 13.4. The van der Waals surface area contributed by atoms with Crippen molar-refractivity contribution in [1.29, 1.82) is 0 Å². The van der Waals surface area contributed by atoms with Gasteiger partial charge in [-0.2, -0.15) is 0 Å². The number of aromatic nitrogens is 2. The van der Waals surface area contributed by atoms with E-state index < -0.39 is 0 Å². The average Bonchev–Trinajstić information content (AvgIpc) is 2.80. The summed E-state index contributed by atoms with van der Waals surface area (Å²) in [5.74, 6) is 7.04. The standard InChI is InChI=1S/C13H14FN5/c1-8-16-12(18-15)7-13(17-8)19-5-4-9-2-3-10(14)6-11(9)19/h2-3,6-7H,4-5,15H2,1H3,(H,16,17,18). The quantitative estimate of drug-likeness (QED) is 0.637. The zero-order valence-electron chi connectivity index (χ0n) is 10.5. The Kier molecular flexibility index (Phi) is 2.79. The molecule has 0 fully saturated rings. The van der Waals surface area contributed by atoms with E-state index in [0.717, 1.165) is 30.0 Å². The highest BCUT2D eigenvalue weighted by Gasteiger charge is 2.22. The molecular weight excluding hydrogens is 245 g/mol. The Labute approximate surface area is 110 Å². The number of hydrogen-bond acceptors (Lipinski definition) is 5. The van der Waals surface area contributed by atoms with E-state index in [1.54, 1.807) is 13.0 Å². The molecule has 19 heavy (non-hydrogen) atoms. The Bertz CT molecular complexity index is 628. The number of rotatable bonds is 2. The van der Waals surface area contributed by atoms with Crippen LogP contribution in [0, 0.1) is 12.7 Å². The number of hydrogen-bond donors (Lipinski definition) is 2. The number of hydrazine groups is 1. The molecule has 5 nitrogen and oxygen atoms in total. The Morgan fingerprint density at radius 3 is 2.95 bits per heavy atom. The number of nitrogens with two attached hydrogens (primary N) is 1. The molecule has 0 amide bonds. The van der Waals surface area contributed by atoms with E-state index >= 15 is 0 Å². The summed E-state index contributed by atoms with van der Waals surface area (Å²) in [7, 11) is 0. The second kappa shape index (κ2) is 4.47. The zero-order chi connectivity index (χ0) is 13.4.